The first-order valence-corrected chi connectivity index (χ1v) is 13.5. The maximum atomic E-state index is 13.2. The van der Waals surface area contributed by atoms with Crippen molar-refractivity contribution in [1.82, 2.24) is 4.31 Å². The predicted molar refractivity (Wildman–Crippen MR) is 135 cm³/mol. The van der Waals surface area contributed by atoms with E-state index < -0.39 is 10.0 Å². The first kappa shape index (κ1) is 24.6. The third kappa shape index (κ3) is 5.58. The molecule has 1 aliphatic heterocycles. The van der Waals surface area contributed by atoms with Crippen molar-refractivity contribution in [3.05, 3.63) is 77.8 Å². The minimum atomic E-state index is -3.79. The molecule has 0 unspecified atom stereocenters. The summed E-state index contributed by atoms with van der Waals surface area (Å²) in [6.07, 6.45) is 0.865. The van der Waals surface area contributed by atoms with Crippen molar-refractivity contribution in [3.8, 4) is 5.75 Å². The number of nitrogens with one attached hydrogen (secondary N) is 1. The highest BCUT2D eigenvalue weighted by molar-refractivity contribution is 7.99. The number of hydrogen-bond acceptors (Lipinski definition) is 5. The molecule has 0 bridgehead atoms. The molecule has 1 N–H and O–H groups in total. The Balaban J connectivity index is 1.42. The van der Waals surface area contributed by atoms with E-state index in [4.69, 9.17) is 16.3 Å². The van der Waals surface area contributed by atoms with Crippen molar-refractivity contribution in [2.75, 3.05) is 25.5 Å². The van der Waals surface area contributed by atoms with Crippen LogP contribution in [0.5, 0.6) is 5.75 Å². The Bertz CT molecular complexity index is 1260. The molecule has 1 amide bonds. The van der Waals surface area contributed by atoms with Crippen LogP contribution in [0.15, 0.2) is 87.5 Å². The van der Waals surface area contributed by atoms with Crippen LogP contribution in [0.1, 0.15) is 12.8 Å². The lowest BCUT2D eigenvalue weighted by Crippen LogP contribution is -2.41. The van der Waals surface area contributed by atoms with Crippen molar-refractivity contribution >= 4 is 45.0 Å². The molecule has 34 heavy (non-hydrogen) atoms. The molecule has 1 saturated heterocycles. The Morgan fingerprint density at radius 1 is 1.03 bits per heavy atom. The number of hydrogen-bond donors (Lipinski definition) is 1. The van der Waals surface area contributed by atoms with E-state index in [9.17, 15) is 13.2 Å². The highest BCUT2D eigenvalue weighted by atomic mass is 35.5. The number of ether oxygens (including phenoxy) is 1. The smallest absolute Gasteiger partial charge is 0.246 e. The fourth-order valence-corrected chi connectivity index (χ4v) is 6.67. The number of sulfonamides is 1. The molecule has 1 heterocycles. The molecule has 6 nitrogen and oxygen atoms in total. The van der Waals surface area contributed by atoms with Gasteiger partial charge in [-0.2, -0.15) is 4.31 Å². The Morgan fingerprint density at radius 2 is 1.71 bits per heavy atom. The quantitative estimate of drug-likeness (QED) is 0.446. The SMILES string of the molecule is COc1ccc(Cl)cc1S(=O)(=O)N1CCC(C(=O)Nc2ccccc2Sc2ccccc2)CC1. The lowest BCUT2D eigenvalue weighted by atomic mass is 9.97. The van der Waals surface area contributed by atoms with Crippen LogP contribution in [0.2, 0.25) is 5.02 Å². The molecular formula is C25H25ClN2O4S2. The van der Waals surface area contributed by atoms with Crippen molar-refractivity contribution in [3.63, 3.8) is 0 Å². The van der Waals surface area contributed by atoms with Crippen LogP contribution in [-0.4, -0.2) is 38.8 Å². The zero-order chi connectivity index (χ0) is 24.1. The van der Waals surface area contributed by atoms with E-state index in [1.807, 2.05) is 54.6 Å². The molecule has 0 saturated carbocycles. The van der Waals surface area contributed by atoms with Crippen molar-refractivity contribution in [2.45, 2.75) is 27.5 Å². The molecule has 1 aliphatic rings. The lowest BCUT2D eigenvalue weighted by Gasteiger charge is -2.31. The van der Waals surface area contributed by atoms with E-state index >= 15 is 0 Å². The Labute approximate surface area is 209 Å². The van der Waals surface area contributed by atoms with Gasteiger partial charge in [0.25, 0.3) is 0 Å². The number of rotatable bonds is 7. The third-order valence-corrected chi connectivity index (χ3v) is 8.92. The van der Waals surface area contributed by atoms with Gasteiger partial charge in [-0.3, -0.25) is 4.79 Å². The molecule has 0 aromatic heterocycles. The molecule has 4 rings (SSSR count). The summed E-state index contributed by atoms with van der Waals surface area (Å²) in [6.45, 7) is 0.493. The van der Waals surface area contributed by atoms with Crippen LogP contribution in [0.25, 0.3) is 0 Å². The number of benzene rings is 3. The molecule has 9 heteroatoms. The van der Waals surface area contributed by atoms with E-state index in [1.165, 1.54) is 17.5 Å². The number of amides is 1. The summed E-state index contributed by atoms with van der Waals surface area (Å²) in [5.74, 6) is -0.127. The maximum Gasteiger partial charge on any atom is 0.246 e. The van der Waals surface area contributed by atoms with Crippen molar-refractivity contribution in [1.29, 1.82) is 0 Å². The number of para-hydroxylation sites is 1. The summed E-state index contributed by atoms with van der Waals surface area (Å²) in [6, 6.07) is 22.2. The zero-order valence-electron chi connectivity index (χ0n) is 18.6. The minimum Gasteiger partial charge on any atom is -0.495 e. The first-order valence-electron chi connectivity index (χ1n) is 10.8. The fourth-order valence-electron chi connectivity index (χ4n) is 3.86. The Kier molecular flexibility index (Phi) is 7.83. The van der Waals surface area contributed by atoms with Gasteiger partial charge in [0.05, 0.1) is 12.8 Å². The molecule has 1 fully saturated rings. The van der Waals surface area contributed by atoms with Gasteiger partial charge in [0.1, 0.15) is 10.6 Å². The van der Waals surface area contributed by atoms with Crippen LogP contribution in [-0.2, 0) is 14.8 Å². The predicted octanol–water partition coefficient (Wildman–Crippen LogP) is 5.54. The number of carbonyl (C=O) groups excluding carboxylic acids is 1. The average molecular weight is 517 g/mol. The van der Waals surface area contributed by atoms with Crippen molar-refractivity contribution in [2.24, 2.45) is 5.92 Å². The molecule has 3 aromatic rings. The number of nitrogens with zero attached hydrogens (tertiary/aromatic N) is 1. The second kappa shape index (κ2) is 10.8. The van der Waals surface area contributed by atoms with Gasteiger partial charge in [-0.25, -0.2) is 8.42 Å². The minimum absolute atomic E-state index is 0.0391. The van der Waals surface area contributed by atoms with Crippen LogP contribution in [0.3, 0.4) is 0 Å². The summed E-state index contributed by atoms with van der Waals surface area (Å²) in [5.41, 5.74) is 0.750. The number of methoxy groups -OCH3 is 1. The lowest BCUT2D eigenvalue weighted by molar-refractivity contribution is -0.120. The van der Waals surface area contributed by atoms with Gasteiger partial charge in [-0.05, 0) is 55.3 Å². The molecule has 0 aliphatic carbocycles. The van der Waals surface area contributed by atoms with Gasteiger partial charge in [0.2, 0.25) is 15.9 Å². The summed E-state index contributed by atoms with van der Waals surface area (Å²) in [4.78, 5) is 15.1. The summed E-state index contributed by atoms with van der Waals surface area (Å²) in [7, 11) is -2.36. The van der Waals surface area contributed by atoms with Crippen LogP contribution in [0.4, 0.5) is 5.69 Å². The van der Waals surface area contributed by atoms with Gasteiger partial charge >= 0.3 is 0 Å². The number of anilines is 1. The van der Waals surface area contributed by atoms with Gasteiger partial charge in [0, 0.05) is 33.8 Å². The van der Waals surface area contributed by atoms with Gasteiger partial charge < -0.3 is 10.1 Å². The molecule has 3 aromatic carbocycles. The van der Waals surface area contributed by atoms with Crippen molar-refractivity contribution < 1.29 is 17.9 Å². The number of carbonyl (C=O) groups is 1. The Hall–Kier alpha value is -2.52. The molecule has 178 valence electrons. The molecule has 0 spiro atoms. The van der Waals surface area contributed by atoms with E-state index in [-0.39, 0.29) is 35.6 Å². The van der Waals surface area contributed by atoms with Gasteiger partial charge in [0.15, 0.2) is 0 Å². The first-order chi connectivity index (χ1) is 16.4. The summed E-state index contributed by atoms with van der Waals surface area (Å²) >= 11 is 7.62. The maximum absolute atomic E-state index is 13.2. The average Bonchev–Trinajstić information content (AvgIpc) is 2.86. The largest absolute Gasteiger partial charge is 0.495 e. The van der Waals surface area contributed by atoms with Crippen LogP contribution in [0, 0.1) is 5.92 Å². The second-order valence-corrected chi connectivity index (χ2v) is 11.3. The molecule has 0 atom stereocenters. The highest BCUT2D eigenvalue weighted by Gasteiger charge is 2.34. The summed E-state index contributed by atoms with van der Waals surface area (Å²) < 4.78 is 33.0. The molecular weight excluding hydrogens is 492 g/mol. The normalized spacial score (nSPS) is 15.1. The monoisotopic (exact) mass is 516 g/mol. The highest BCUT2D eigenvalue weighted by Crippen LogP contribution is 2.35. The topological polar surface area (TPSA) is 75.7 Å². The van der Waals surface area contributed by atoms with E-state index in [2.05, 4.69) is 5.32 Å². The molecule has 0 radical (unpaired) electrons. The zero-order valence-corrected chi connectivity index (χ0v) is 21.0. The van der Waals surface area contributed by atoms with Crippen LogP contribution >= 0.6 is 23.4 Å². The number of halogens is 1. The van der Waals surface area contributed by atoms with E-state index in [1.54, 1.807) is 23.9 Å². The van der Waals surface area contributed by atoms with Crippen LogP contribution < -0.4 is 10.1 Å². The van der Waals surface area contributed by atoms with Gasteiger partial charge in [-0.15, -0.1) is 0 Å². The third-order valence-electron chi connectivity index (χ3n) is 5.68. The second-order valence-electron chi connectivity index (χ2n) is 7.87. The van der Waals surface area contributed by atoms with E-state index in [0.717, 1.165) is 15.5 Å². The summed E-state index contributed by atoms with van der Waals surface area (Å²) in [5, 5.41) is 3.37. The van der Waals surface area contributed by atoms with Gasteiger partial charge in [-0.1, -0.05) is 53.7 Å². The fraction of sp³-hybridized carbons (Fsp3) is 0.240. The number of piperidine rings is 1. The Morgan fingerprint density at radius 3 is 2.41 bits per heavy atom. The van der Waals surface area contributed by atoms with E-state index in [0.29, 0.717) is 17.9 Å². The standard InChI is InChI=1S/C25H25ClN2O4S2/c1-32-22-12-11-19(26)17-24(22)34(30,31)28-15-13-18(14-16-28)25(29)27-21-9-5-6-10-23(21)33-20-7-3-2-4-8-20/h2-12,17-18H,13-16H2,1H3,(H,27,29).